The summed E-state index contributed by atoms with van der Waals surface area (Å²) in [6.45, 7) is 4.02. The molecule has 0 radical (unpaired) electrons. The SMILES string of the molecule is CNC(C)c1nnc(-c2cccc(C)c2)o1. The van der Waals surface area contributed by atoms with Crippen LogP contribution in [0.5, 0.6) is 0 Å². The Balaban J connectivity index is 2.31. The fourth-order valence-electron chi connectivity index (χ4n) is 1.43. The Hall–Kier alpha value is -1.68. The van der Waals surface area contributed by atoms with E-state index < -0.39 is 0 Å². The summed E-state index contributed by atoms with van der Waals surface area (Å²) in [4.78, 5) is 0. The third kappa shape index (κ3) is 2.12. The van der Waals surface area contributed by atoms with Gasteiger partial charge in [-0.3, -0.25) is 0 Å². The molecule has 0 aliphatic heterocycles. The molecule has 2 aromatic rings. The Morgan fingerprint density at radius 1 is 1.31 bits per heavy atom. The second-order valence-corrected chi connectivity index (χ2v) is 3.83. The molecule has 1 aromatic heterocycles. The molecule has 84 valence electrons. The molecule has 1 unspecified atom stereocenters. The third-order valence-corrected chi connectivity index (χ3v) is 2.51. The molecule has 4 heteroatoms. The fourth-order valence-corrected chi connectivity index (χ4v) is 1.43. The van der Waals surface area contributed by atoms with Crippen molar-refractivity contribution < 1.29 is 4.42 Å². The predicted octanol–water partition coefficient (Wildman–Crippen LogP) is 2.33. The average Bonchev–Trinajstić information content (AvgIpc) is 2.77. The van der Waals surface area contributed by atoms with Crippen molar-refractivity contribution >= 4 is 0 Å². The minimum atomic E-state index is 0.0751. The Kier molecular flexibility index (Phi) is 3.01. The third-order valence-electron chi connectivity index (χ3n) is 2.51. The maximum absolute atomic E-state index is 5.59. The lowest BCUT2D eigenvalue weighted by molar-refractivity contribution is 0.441. The monoisotopic (exact) mass is 217 g/mol. The molecular weight excluding hydrogens is 202 g/mol. The van der Waals surface area contributed by atoms with Gasteiger partial charge in [0.2, 0.25) is 11.8 Å². The number of benzene rings is 1. The Bertz CT molecular complexity index is 479. The van der Waals surface area contributed by atoms with Gasteiger partial charge in [0.25, 0.3) is 0 Å². The Morgan fingerprint density at radius 3 is 2.81 bits per heavy atom. The Morgan fingerprint density at radius 2 is 2.12 bits per heavy atom. The number of nitrogens with one attached hydrogen (secondary N) is 1. The van der Waals surface area contributed by atoms with Crippen LogP contribution < -0.4 is 5.32 Å². The van der Waals surface area contributed by atoms with Crippen molar-refractivity contribution in [1.29, 1.82) is 0 Å². The second-order valence-electron chi connectivity index (χ2n) is 3.83. The van der Waals surface area contributed by atoms with Gasteiger partial charge in [0.15, 0.2) is 0 Å². The molecule has 0 aliphatic rings. The van der Waals surface area contributed by atoms with Crippen molar-refractivity contribution in [3.05, 3.63) is 35.7 Å². The molecule has 1 N–H and O–H groups in total. The van der Waals surface area contributed by atoms with E-state index in [1.54, 1.807) is 0 Å². The predicted molar refractivity (Wildman–Crippen MR) is 61.9 cm³/mol. The van der Waals surface area contributed by atoms with Gasteiger partial charge in [-0.15, -0.1) is 10.2 Å². The molecule has 1 atom stereocenters. The zero-order valence-corrected chi connectivity index (χ0v) is 9.69. The van der Waals surface area contributed by atoms with Crippen LogP contribution in [-0.2, 0) is 0 Å². The van der Waals surface area contributed by atoms with Crippen LogP contribution in [0.4, 0.5) is 0 Å². The minimum absolute atomic E-state index is 0.0751. The number of nitrogens with zero attached hydrogens (tertiary/aromatic N) is 2. The Labute approximate surface area is 94.7 Å². The summed E-state index contributed by atoms with van der Waals surface area (Å²) in [5.74, 6) is 1.18. The van der Waals surface area contributed by atoms with E-state index in [4.69, 9.17) is 4.42 Å². The highest BCUT2D eigenvalue weighted by Gasteiger charge is 2.12. The molecule has 0 bridgehead atoms. The molecule has 0 saturated carbocycles. The van der Waals surface area contributed by atoms with E-state index in [0.29, 0.717) is 11.8 Å². The van der Waals surface area contributed by atoms with Gasteiger partial charge in [-0.25, -0.2) is 0 Å². The van der Waals surface area contributed by atoms with Crippen molar-refractivity contribution in [2.75, 3.05) is 7.05 Å². The van der Waals surface area contributed by atoms with E-state index in [1.165, 1.54) is 5.56 Å². The highest BCUT2D eigenvalue weighted by molar-refractivity contribution is 5.53. The maximum atomic E-state index is 5.59. The molecule has 0 aliphatic carbocycles. The lowest BCUT2D eigenvalue weighted by Crippen LogP contribution is -2.12. The molecule has 0 saturated heterocycles. The quantitative estimate of drug-likeness (QED) is 0.857. The number of hydrogen-bond donors (Lipinski definition) is 1. The van der Waals surface area contributed by atoms with E-state index in [-0.39, 0.29) is 6.04 Å². The molecule has 16 heavy (non-hydrogen) atoms. The smallest absolute Gasteiger partial charge is 0.247 e. The molecule has 1 aromatic carbocycles. The number of hydrogen-bond acceptors (Lipinski definition) is 4. The molecule has 0 amide bonds. The summed E-state index contributed by atoms with van der Waals surface area (Å²) < 4.78 is 5.59. The van der Waals surface area contributed by atoms with E-state index in [0.717, 1.165) is 5.56 Å². The van der Waals surface area contributed by atoms with Crippen LogP contribution in [0.2, 0.25) is 0 Å². The van der Waals surface area contributed by atoms with Crippen LogP contribution >= 0.6 is 0 Å². The zero-order valence-electron chi connectivity index (χ0n) is 9.69. The lowest BCUT2D eigenvalue weighted by Gasteiger charge is -2.02. The normalized spacial score (nSPS) is 12.7. The molecule has 2 rings (SSSR count). The number of rotatable bonds is 3. The maximum Gasteiger partial charge on any atom is 0.247 e. The summed E-state index contributed by atoms with van der Waals surface area (Å²) >= 11 is 0. The molecule has 4 nitrogen and oxygen atoms in total. The van der Waals surface area contributed by atoms with Crippen LogP contribution in [0, 0.1) is 6.92 Å². The van der Waals surface area contributed by atoms with Gasteiger partial charge in [-0.05, 0) is 33.0 Å². The fraction of sp³-hybridized carbons (Fsp3) is 0.333. The second kappa shape index (κ2) is 4.45. The topological polar surface area (TPSA) is 51.0 Å². The number of aromatic nitrogens is 2. The van der Waals surface area contributed by atoms with Gasteiger partial charge in [0.1, 0.15) is 0 Å². The van der Waals surface area contributed by atoms with E-state index in [1.807, 2.05) is 45.2 Å². The summed E-state index contributed by atoms with van der Waals surface area (Å²) in [7, 11) is 1.86. The molecule has 0 spiro atoms. The minimum Gasteiger partial charge on any atom is -0.419 e. The van der Waals surface area contributed by atoms with E-state index in [2.05, 4.69) is 15.5 Å². The summed E-state index contributed by atoms with van der Waals surface area (Å²) in [6.07, 6.45) is 0. The molecular formula is C12H15N3O. The summed E-state index contributed by atoms with van der Waals surface area (Å²) in [5.41, 5.74) is 2.14. The molecule has 0 fully saturated rings. The van der Waals surface area contributed by atoms with Crippen molar-refractivity contribution in [2.45, 2.75) is 19.9 Å². The van der Waals surface area contributed by atoms with E-state index >= 15 is 0 Å². The van der Waals surface area contributed by atoms with Gasteiger partial charge in [-0.1, -0.05) is 17.7 Å². The lowest BCUT2D eigenvalue weighted by atomic mass is 10.1. The summed E-state index contributed by atoms with van der Waals surface area (Å²) in [6, 6.07) is 8.09. The largest absolute Gasteiger partial charge is 0.419 e. The van der Waals surface area contributed by atoms with Gasteiger partial charge in [-0.2, -0.15) is 0 Å². The zero-order chi connectivity index (χ0) is 11.5. The molecule has 1 heterocycles. The van der Waals surface area contributed by atoms with Crippen molar-refractivity contribution in [3.63, 3.8) is 0 Å². The van der Waals surface area contributed by atoms with Crippen LogP contribution in [0.25, 0.3) is 11.5 Å². The van der Waals surface area contributed by atoms with Gasteiger partial charge >= 0.3 is 0 Å². The first-order valence-electron chi connectivity index (χ1n) is 5.28. The van der Waals surface area contributed by atoms with Crippen LogP contribution in [-0.4, -0.2) is 17.2 Å². The standard InChI is InChI=1S/C12H15N3O/c1-8-5-4-6-10(7-8)12-15-14-11(16-12)9(2)13-3/h4-7,9,13H,1-3H3. The first kappa shape index (κ1) is 10.8. The van der Waals surface area contributed by atoms with Crippen LogP contribution in [0.3, 0.4) is 0 Å². The first-order chi connectivity index (χ1) is 7.70. The number of aryl methyl sites for hydroxylation is 1. The van der Waals surface area contributed by atoms with E-state index in [9.17, 15) is 0 Å². The van der Waals surface area contributed by atoms with Gasteiger partial charge in [0.05, 0.1) is 6.04 Å². The van der Waals surface area contributed by atoms with Crippen LogP contribution in [0.1, 0.15) is 24.4 Å². The van der Waals surface area contributed by atoms with Crippen molar-refractivity contribution in [2.24, 2.45) is 0 Å². The summed E-state index contributed by atoms with van der Waals surface area (Å²) in [5, 5.41) is 11.1. The van der Waals surface area contributed by atoms with Crippen molar-refractivity contribution in [1.82, 2.24) is 15.5 Å². The van der Waals surface area contributed by atoms with Crippen LogP contribution in [0.15, 0.2) is 28.7 Å². The van der Waals surface area contributed by atoms with Gasteiger partial charge < -0.3 is 9.73 Å². The van der Waals surface area contributed by atoms with Crippen molar-refractivity contribution in [3.8, 4) is 11.5 Å². The first-order valence-corrected chi connectivity index (χ1v) is 5.28. The highest BCUT2D eigenvalue weighted by atomic mass is 16.4. The van der Waals surface area contributed by atoms with Gasteiger partial charge in [0, 0.05) is 5.56 Å². The highest BCUT2D eigenvalue weighted by Crippen LogP contribution is 2.20. The average molecular weight is 217 g/mol.